The van der Waals surface area contributed by atoms with Crippen LogP contribution in [0.3, 0.4) is 0 Å². The zero-order valence-corrected chi connectivity index (χ0v) is 12.0. The Balaban J connectivity index is 1.94. The third-order valence-corrected chi connectivity index (χ3v) is 3.52. The second-order valence-electron chi connectivity index (χ2n) is 4.27. The summed E-state index contributed by atoms with van der Waals surface area (Å²) in [7, 11) is 0. The van der Waals surface area contributed by atoms with Crippen LogP contribution in [0.2, 0.25) is 0 Å². The Morgan fingerprint density at radius 3 is 2.47 bits per heavy atom. The smallest absolute Gasteiger partial charge is 0.126 e. The molecule has 1 aromatic heterocycles. The van der Waals surface area contributed by atoms with Gasteiger partial charge in [0, 0.05) is 23.3 Å². The summed E-state index contributed by atoms with van der Waals surface area (Å²) in [4.78, 5) is 4.20. The molecule has 0 fully saturated rings. The number of nitrogens with one attached hydrogen (secondary N) is 1. The minimum atomic E-state index is -0.549. The first-order valence-corrected chi connectivity index (χ1v) is 6.65. The molecule has 100 valence electrons. The van der Waals surface area contributed by atoms with Gasteiger partial charge in [-0.05, 0) is 58.6 Å². The molecule has 19 heavy (non-hydrogen) atoms. The van der Waals surface area contributed by atoms with Gasteiger partial charge in [-0.1, -0.05) is 0 Å². The number of rotatable bonds is 4. The molecule has 2 rings (SSSR count). The maximum absolute atomic E-state index is 13.0. The van der Waals surface area contributed by atoms with Crippen molar-refractivity contribution >= 4 is 21.7 Å². The first-order valence-electron chi connectivity index (χ1n) is 5.85. The maximum Gasteiger partial charge on any atom is 0.126 e. The van der Waals surface area contributed by atoms with Crippen LogP contribution in [-0.4, -0.2) is 11.5 Å². The van der Waals surface area contributed by atoms with E-state index in [0.29, 0.717) is 18.5 Å². The van der Waals surface area contributed by atoms with E-state index in [1.54, 1.807) is 6.20 Å². The number of pyridine rings is 1. The van der Waals surface area contributed by atoms with E-state index in [0.717, 1.165) is 21.9 Å². The van der Waals surface area contributed by atoms with Gasteiger partial charge >= 0.3 is 0 Å². The van der Waals surface area contributed by atoms with Crippen molar-refractivity contribution in [3.05, 3.63) is 57.7 Å². The van der Waals surface area contributed by atoms with Crippen LogP contribution in [-0.2, 0) is 6.42 Å². The summed E-state index contributed by atoms with van der Waals surface area (Å²) in [5.74, 6) is -0.349. The second kappa shape index (κ2) is 6.10. The molecule has 0 radical (unpaired) electrons. The fourth-order valence-electron chi connectivity index (χ4n) is 1.73. The number of anilines is 1. The number of aryl methyl sites for hydroxylation is 1. The number of hydrogen-bond acceptors (Lipinski definition) is 2. The van der Waals surface area contributed by atoms with Crippen molar-refractivity contribution in [3.8, 4) is 0 Å². The van der Waals surface area contributed by atoms with E-state index < -0.39 is 11.6 Å². The number of benzene rings is 1. The average molecular weight is 327 g/mol. The Bertz CT molecular complexity index is 567. The van der Waals surface area contributed by atoms with Crippen LogP contribution < -0.4 is 5.32 Å². The number of halogens is 3. The summed E-state index contributed by atoms with van der Waals surface area (Å²) in [6, 6.07) is 5.46. The van der Waals surface area contributed by atoms with Gasteiger partial charge < -0.3 is 5.32 Å². The Hall–Kier alpha value is -1.49. The molecule has 0 amide bonds. The Labute approximate surface area is 119 Å². The lowest BCUT2D eigenvalue weighted by molar-refractivity contribution is 0.580. The molecule has 1 heterocycles. The van der Waals surface area contributed by atoms with Crippen LogP contribution >= 0.6 is 15.9 Å². The largest absolute Gasteiger partial charge is 0.370 e. The molecule has 0 unspecified atom stereocenters. The van der Waals surface area contributed by atoms with Crippen LogP contribution in [0.4, 0.5) is 14.6 Å². The molecule has 0 bridgehead atoms. The van der Waals surface area contributed by atoms with Crippen LogP contribution in [0.5, 0.6) is 0 Å². The lowest BCUT2D eigenvalue weighted by Gasteiger charge is -2.07. The van der Waals surface area contributed by atoms with Gasteiger partial charge in [-0.2, -0.15) is 0 Å². The van der Waals surface area contributed by atoms with Crippen molar-refractivity contribution < 1.29 is 8.78 Å². The first-order chi connectivity index (χ1) is 9.04. The van der Waals surface area contributed by atoms with Crippen molar-refractivity contribution in [2.75, 3.05) is 11.9 Å². The van der Waals surface area contributed by atoms with Crippen LogP contribution in [0, 0.1) is 18.6 Å². The van der Waals surface area contributed by atoms with Gasteiger partial charge in [0.15, 0.2) is 0 Å². The Morgan fingerprint density at radius 1 is 1.16 bits per heavy atom. The van der Waals surface area contributed by atoms with E-state index in [4.69, 9.17) is 0 Å². The van der Waals surface area contributed by atoms with Crippen molar-refractivity contribution in [1.29, 1.82) is 0 Å². The van der Waals surface area contributed by atoms with Crippen LogP contribution in [0.15, 0.2) is 34.9 Å². The molecule has 1 aromatic carbocycles. The van der Waals surface area contributed by atoms with Gasteiger partial charge in [-0.15, -0.1) is 0 Å². The summed E-state index contributed by atoms with van der Waals surface area (Å²) in [6.07, 6.45) is 2.25. The van der Waals surface area contributed by atoms with Crippen molar-refractivity contribution in [2.24, 2.45) is 0 Å². The third-order valence-electron chi connectivity index (χ3n) is 2.69. The molecule has 2 nitrogen and oxygen atoms in total. The van der Waals surface area contributed by atoms with Crippen molar-refractivity contribution in [2.45, 2.75) is 13.3 Å². The fraction of sp³-hybridized carbons (Fsp3) is 0.214. The molecule has 0 saturated carbocycles. The summed E-state index contributed by atoms with van der Waals surface area (Å²) in [5.41, 5.74) is 1.70. The molecule has 0 aliphatic carbocycles. The minimum Gasteiger partial charge on any atom is -0.370 e. The maximum atomic E-state index is 13.0. The van der Waals surface area contributed by atoms with Crippen molar-refractivity contribution in [3.63, 3.8) is 0 Å². The molecule has 0 spiro atoms. The molecule has 1 N–H and O–H groups in total. The zero-order valence-electron chi connectivity index (χ0n) is 10.4. The van der Waals surface area contributed by atoms with Gasteiger partial charge in [0.05, 0.1) is 0 Å². The predicted octanol–water partition coefficient (Wildman–Crippen LogP) is 4.09. The minimum absolute atomic E-state index is 0.533. The predicted molar refractivity (Wildman–Crippen MR) is 75.2 cm³/mol. The normalized spacial score (nSPS) is 10.5. The van der Waals surface area contributed by atoms with Gasteiger partial charge in [-0.3, -0.25) is 0 Å². The summed E-state index contributed by atoms with van der Waals surface area (Å²) in [5, 5.41) is 3.12. The highest BCUT2D eigenvalue weighted by molar-refractivity contribution is 9.10. The SMILES string of the molecule is Cc1cc(NCCc2cc(F)cc(F)c2)ncc1Br. The summed E-state index contributed by atoms with van der Waals surface area (Å²) >= 11 is 3.38. The Morgan fingerprint density at radius 2 is 1.84 bits per heavy atom. The second-order valence-corrected chi connectivity index (χ2v) is 5.13. The molecule has 5 heteroatoms. The highest BCUT2D eigenvalue weighted by Crippen LogP contribution is 2.17. The van der Waals surface area contributed by atoms with Gasteiger partial charge in [0.25, 0.3) is 0 Å². The molecular formula is C14H13BrF2N2. The van der Waals surface area contributed by atoms with Crippen LogP contribution in [0.1, 0.15) is 11.1 Å². The molecule has 0 aliphatic heterocycles. The van der Waals surface area contributed by atoms with E-state index in [1.807, 2.05) is 13.0 Å². The van der Waals surface area contributed by atoms with Crippen molar-refractivity contribution in [1.82, 2.24) is 4.98 Å². The van der Waals surface area contributed by atoms with E-state index in [1.165, 1.54) is 12.1 Å². The van der Waals surface area contributed by atoms with E-state index >= 15 is 0 Å². The Kier molecular flexibility index (Phi) is 4.47. The van der Waals surface area contributed by atoms with E-state index in [-0.39, 0.29) is 0 Å². The zero-order chi connectivity index (χ0) is 13.8. The number of hydrogen-bond donors (Lipinski definition) is 1. The number of nitrogens with zero attached hydrogens (tertiary/aromatic N) is 1. The summed E-state index contributed by atoms with van der Waals surface area (Å²) in [6.45, 7) is 2.54. The quantitative estimate of drug-likeness (QED) is 0.915. The van der Waals surface area contributed by atoms with Gasteiger partial charge in [0.2, 0.25) is 0 Å². The monoisotopic (exact) mass is 326 g/mol. The number of aromatic nitrogens is 1. The molecule has 0 atom stereocenters. The summed E-state index contributed by atoms with van der Waals surface area (Å²) < 4.78 is 26.9. The first kappa shape index (κ1) is 13.9. The fourth-order valence-corrected chi connectivity index (χ4v) is 1.94. The van der Waals surface area contributed by atoms with E-state index in [2.05, 4.69) is 26.2 Å². The third kappa shape index (κ3) is 3.99. The topological polar surface area (TPSA) is 24.9 Å². The lowest BCUT2D eigenvalue weighted by Crippen LogP contribution is -2.07. The highest BCUT2D eigenvalue weighted by Gasteiger charge is 2.02. The molecule has 0 saturated heterocycles. The van der Waals surface area contributed by atoms with Gasteiger partial charge in [0.1, 0.15) is 17.5 Å². The van der Waals surface area contributed by atoms with E-state index in [9.17, 15) is 8.78 Å². The molecule has 2 aromatic rings. The highest BCUT2D eigenvalue weighted by atomic mass is 79.9. The van der Waals surface area contributed by atoms with Gasteiger partial charge in [-0.25, -0.2) is 13.8 Å². The molecule has 0 aliphatic rings. The molecular weight excluding hydrogens is 314 g/mol. The lowest BCUT2D eigenvalue weighted by atomic mass is 10.1. The van der Waals surface area contributed by atoms with Crippen LogP contribution in [0.25, 0.3) is 0 Å². The standard InChI is InChI=1S/C14H13BrF2N2/c1-9-4-14(19-8-13(9)15)18-3-2-10-5-11(16)7-12(17)6-10/h4-8H,2-3H2,1H3,(H,18,19). The average Bonchev–Trinajstić information content (AvgIpc) is 2.32.